The summed E-state index contributed by atoms with van der Waals surface area (Å²) in [5.41, 5.74) is -3.34. The molecule has 4 rings (SSSR count). The van der Waals surface area contributed by atoms with E-state index in [0.29, 0.717) is 0 Å². The highest BCUT2D eigenvalue weighted by atomic mass is 35.5. The van der Waals surface area contributed by atoms with Gasteiger partial charge in [0.2, 0.25) is 0 Å². The first-order valence-corrected chi connectivity index (χ1v) is 10.7. The molecule has 4 aromatic rings. The Morgan fingerprint density at radius 3 is 2.58 bits per heavy atom. The highest BCUT2D eigenvalue weighted by Crippen LogP contribution is 2.32. The molecular weight excluding hydrogens is 529 g/mol. The van der Waals surface area contributed by atoms with Crippen molar-refractivity contribution in [2.24, 2.45) is 0 Å². The predicted octanol–water partition coefficient (Wildman–Crippen LogP) is 4.97. The van der Waals surface area contributed by atoms with Crippen LogP contribution >= 0.6 is 23.2 Å². The number of anilines is 1. The van der Waals surface area contributed by atoms with Gasteiger partial charge in [0.15, 0.2) is 10.9 Å². The van der Waals surface area contributed by atoms with Crippen molar-refractivity contribution in [1.82, 2.24) is 19.5 Å². The zero-order chi connectivity index (χ0) is 26.4. The number of alkyl halides is 3. The first-order chi connectivity index (χ1) is 16.9. The molecular formula is C22H13Cl2F4N5O3. The number of pyridine rings is 2. The van der Waals surface area contributed by atoms with Crippen LogP contribution in [0, 0.1) is 12.7 Å². The molecule has 36 heavy (non-hydrogen) atoms. The normalized spacial score (nSPS) is 11.6. The predicted molar refractivity (Wildman–Crippen MR) is 123 cm³/mol. The summed E-state index contributed by atoms with van der Waals surface area (Å²) in [5, 5.41) is 10.9. The first-order valence-electron chi connectivity index (χ1n) is 9.95. The number of amides is 1. The standard InChI is InChI=1S/C22H13Cl2F4N5O3/c1-9-30-17-12(25)4-5-13(32-20(35)14-7-11(23)18(34)19(24)31-14)16(17)21(36)33(9)8-15-10(22(26,27)28)3-2-6-29-15/h2-7,34H,8H2,1H3,(H,32,35). The molecule has 0 unspecified atom stereocenters. The van der Waals surface area contributed by atoms with Gasteiger partial charge >= 0.3 is 6.18 Å². The monoisotopic (exact) mass is 541 g/mol. The van der Waals surface area contributed by atoms with Crippen LogP contribution in [0.2, 0.25) is 10.2 Å². The molecule has 1 aromatic carbocycles. The van der Waals surface area contributed by atoms with Crippen molar-refractivity contribution in [3.8, 4) is 5.75 Å². The summed E-state index contributed by atoms with van der Waals surface area (Å²) in [5.74, 6) is -2.43. The maximum absolute atomic E-state index is 14.6. The van der Waals surface area contributed by atoms with Gasteiger partial charge in [0.1, 0.15) is 22.9 Å². The van der Waals surface area contributed by atoms with Crippen LogP contribution < -0.4 is 10.9 Å². The van der Waals surface area contributed by atoms with Crippen LogP contribution in [0.25, 0.3) is 10.9 Å². The lowest BCUT2D eigenvalue weighted by atomic mass is 10.1. The van der Waals surface area contributed by atoms with Crippen LogP contribution in [0.5, 0.6) is 5.75 Å². The van der Waals surface area contributed by atoms with Gasteiger partial charge in [-0.25, -0.2) is 14.4 Å². The minimum Gasteiger partial charge on any atom is -0.504 e. The smallest absolute Gasteiger partial charge is 0.418 e. The van der Waals surface area contributed by atoms with Crippen molar-refractivity contribution in [2.75, 3.05) is 5.32 Å². The van der Waals surface area contributed by atoms with E-state index >= 15 is 0 Å². The topological polar surface area (TPSA) is 110 Å². The van der Waals surface area contributed by atoms with E-state index in [1.165, 1.54) is 6.92 Å². The lowest BCUT2D eigenvalue weighted by Crippen LogP contribution is -2.27. The quantitative estimate of drug-likeness (QED) is 0.279. The number of carbonyl (C=O) groups is 1. The zero-order valence-corrected chi connectivity index (χ0v) is 19.5. The van der Waals surface area contributed by atoms with E-state index < -0.39 is 63.1 Å². The van der Waals surface area contributed by atoms with Crippen LogP contribution in [-0.4, -0.2) is 30.5 Å². The molecule has 14 heteroatoms. The Morgan fingerprint density at radius 1 is 1.19 bits per heavy atom. The molecule has 0 aliphatic carbocycles. The van der Waals surface area contributed by atoms with Gasteiger partial charge in [0.25, 0.3) is 11.5 Å². The van der Waals surface area contributed by atoms with Crippen molar-refractivity contribution < 1.29 is 27.5 Å². The van der Waals surface area contributed by atoms with Crippen LogP contribution in [-0.2, 0) is 12.7 Å². The fourth-order valence-corrected chi connectivity index (χ4v) is 3.87. The Bertz CT molecular complexity index is 1570. The van der Waals surface area contributed by atoms with Crippen molar-refractivity contribution in [2.45, 2.75) is 19.6 Å². The molecule has 0 saturated carbocycles. The summed E-state index contributed by atoms with van der Waals surface area (Å²) in [6, 6.07) is 5.00. The fourth-order valence-electron chi connectivity index (χ4n) is 3.44. The molecule has 8 nitrogen and oxygen atoms in total. The van der Waals surface area contributed by atoms with Gasteiger partial charge in [0, 0.05) is 6.20 Å². The Balaban J connectivity index is 1.83. The molecule has 186 valence electrons. The third-order valence-corrected chi connectivity index (χ3v) is 5.69. The van der Waals surface area contributed by atoms with E-state index in [2.05, 4.69) is 20.3 Å². The van der Waals surface area contributed by atoms with Gasteiger partial charge in [-0.3, -0.25) is 19.1 Å². The van der Waals surface area contributed by atoms with Gasteiger partial charge in [-0.15, -0.1) is 0 Å². The lowest BCUT2D eigenvalue weighted by molar-refractivity contribution is -0.138. The first kappa shape index (κ1) is 25.3. The van der Waals surface area contributed by atoms with Crippen LogP contribution in [0.3, 0.4) is 0 Å². The largest absolute Gasteiger partial charge is 0.504 e. The number of aromatic nitrogens is 4. The zero-order valence-electron chi connectivity index (χ0n) is 18.0. The minimum atomic E-state index is -4.73. The summed E-state index contributed by atoms with van der Waals surface area (Å²) < 4.78 is 55.7. The van der Waals surface area contributed by atoms with E-state index in [0.717, 1.165) is 41.1 Å². The molecule has 0 radical (unpaired) electrons. The van der Waals surface area contributed by atoms with E-state index in [1.54, 1.807) is 0 Å². The van der Waals surface area contributed by atoms with Gasteiger partial charge in [0.05, 0.1) is 33.9 Å². The Morgan fingerprint density at radius 2 is 1.92 bits per heavy atom. The van der Waals surface area contributed by atoms with E-state index in [9.17, 15) is 32.3 Å². The number of nitrogens with one attached hydrogen (secondary N) is 1. The molecule has 0 bridgehead atoms. The summed E-state index contributed by atoms with van der Waals surface area (Å²) in [4.78, 5) is 37.6. The number of aryl methyl sites for hydroxylation is 1. The second kappa shape index (κ2) is 9.36. The van der Waals surface area contributed by atoms with E-state index in [1.807, 2.05) is 0 Å². The van der Waals surface area contributed by atoms with E-state index in [-0.39, 0.29) is 22.2 Å². The molecule has 0 atom stereocenters. The molecule has 2 N–H and O–H groups in total. The Labute approximate surface area is 209 Å². The molecule has 1 amide bonds. The maximum atomic E-state index is 14.6. The number of benzene rings is 1. The van der Waals surface area contributed by atoms with Crippen LogP contribution in [0.15, 0.2) is 41.3 Å². The Hall–Kier alpha value is -3.77. The molecule has 0 spiro atoms. The SMILES string of the molecule is Cc1nc2c(F)ccc(NC(=O)c3cc(Cl)c(O)c(Cl)n3)c2c(=O)n1Cc1ncccc1C(F)(F)F. The van der Waals surface area contributed by atoms with Crippen molar-refractivity contribution >= 4 is 45.7 Å². The van der Waals surface area contributed by atoms with Gasteiger partial charge < -0.3 is 10.4 Å². The second-order valence-corrected chi connectivity index (χ2v) is 8.21. The average molecular weight is 542 g/mol. The number of nitrogens with zero attached hydrogens (tertiary/aromatic N) is 4. The average Bonchev–Trinajstić information content (AvgIpc) is 2.81. The summed E-state index contributed by atoms with van der Waals surface area (Å²) in [7, 11) is 0. The van der Waals surface area contributed by atoms with E-state index in [4.69, 9.17) is 23.2 Å². The summed E-state index contributed by atoms with van der Waals surface area (Å²) in [6.07, 6.45) is -3.58. The number of hydrogen-bond acceptors (Lipinski definition) is 6. The highest BCUT2D eigenvalue weighted by molar-refractivity contribution is 6.36. The van der Waals surface area contributed by atoms with Crippen molar-refractivity contribution in [3.63, 3.8) is 0 Å². The Kier molecular flexibility index (Phi) is 6.58. The molecule has 0 saturated heterocycles. The van der Waals surface area contributed by atoms with Crippen LogP contribution in [0.4, 0.5) is 23.2 Å². The summed E-state index contributed by atoms with van der Waals surface area (Å²) in [6.45, 7) is 0.712. The number of carbonyl (C=O) groups excluding carboxylic acids is 1. The third kappa shape index (κ3) is 4.69. The lowest BCUT2D eigenvalue weighted by Gasteiger charge is -2.16. The number of aromatic hydroxyl groups is 1. The molecule has 0 aliphatic rings. The number of rotatable bonds is 4. The molecule has 3 aromatic heterocycles. The highest BCUT2D eigenvalue weighted by Gasteiger charge is 2.34. The van der Waals surface area contributed by atoms with Crippen LogP contribution in [0.1, 0.15) is 27.6 Å². The number of fused-ring (bicyclic) bond motifs is 1. The molecule has 3 heterocycles. The summed E-state index contributed by atoms with van der Waals surface area (Å²) >= 11 is 11.6. The maximum Gasteiger partial charge on any atom is 0.418 e. The van der Waals surface area contributed by atoms with Crippen molar-refractivity contribution in [1.29, 1.82) is 0 Å². The number of halogens is 6. The molecule has 0 fully saturated rings. The minimum absolute atomic E-state index is 0.0765. The fraction of sp³-hybridized carbons (Fsp3) is 0.136. The van der Waals surface area contributed by atoms with Gasteiger partial charge in [-0.1, -0.05) is 23.2 Å². The second-order valence-electron chi connectivity index (χ2n) is 7.45. The van der Waals surface area contributed by atoms with Gasteiger partial charge in [-0.2, -0.15) is 13.2 Å². The number of hydrogen-bond donors (Lipinski definition) is 2. The van der Waals surface area contributed by atoms with Crippen molar-refractivity contribution in [3.05, 3.63) is 85.7 Å². The third-order valence-electron chi connectivity index (χ3n) is 5.14. The molecule has 0 aliphatic heterocycles. The van der Waals surface area contributed by atoms with Gasteiger partial charge in [-0.05, 0) is 37.3 Å².